The molecule has 0 atom stereocenters. The summed E-state index contributed by atoms with van der Waals surface area (Å²) in [6, 6.07) is 0. The third-order valence-corrected chi connectivity index (χ3v) is 2.43. The van der Waals surface area contributed by atoms with E-state index in [1.807, 2.05) is 13.8 Å². The lowest BCUT2D eigenvalue weighted by Gasteiger charge is -2.05. The van der Waals surface area contributed by atoms with Crippen LogP contribution >= 0.6 is 0 Å². The van der Waals surface area contributed by atoms with Crippen molar-refractivity contribution in [2.75, 3.05) is 0 Å². The number of allylic oxidation sites excluding steroid dienone is 4. The van der Waals surface area contributed by atoms with Gasteiger partial charge in [0.1, 0.15) is 0 Å². The first-order valence-electron chi connectivity index (χ1n) is 5.80. The second-order valence-corrected chi connectivity index (χ2v) is 4.13. The molecule has 0 N–H and O–H groups in total. The standard InChI is InChI=1S/C12H22.C2H6/c1-9(2)11(5)7-8-12(6)10(3)4;1-2/h7-10H,1-6H3;1-2H3/b11-7+,12-8+;. The molecule has 0 bridgehead atoms. The minimum atomic E-state index is 0.668. The molecule has 0 heterocycles. The Labute approximate surface area is 91.1 Å². The highest BCUT2D eigenvalue weighted by molar-refractivity contribution is 5.17. The van der Waals surface area contributed by atoms with Gasteiger partial charge in [0.05, 0.1) is 0 Å². The Morgan fingerprint density at radius 2 is 0.929 bits per heavy atom. The summed E-state index contributed by atoms with van der Waals surface area (Å²) in [5.41, 5.74) is 2.91. The maximum atomic E-state index is 2.24. The highest BCUT2D eigenvalue weighted by atomic mass is 14.0. The van der Waals surface area contributed by atoms with Gasteiger partial charge in [0.25, 0.3) is 0 Å². The minimum Gasteiger partial charge on any atom is -0.0708 e. The molecule has 0 rings (SSSR count). The summed E-state index contributed by atoms with van der Waals surface area (Å²) in [5.74, 6) is 1.34. The highest BCUT2D eigenvalue weighted by Gasteiger charge is 1.96. The zero-order valence-electron chi connectivity index (χ0n) is 11.3. The van der Waals surface area contributed by atoms with E-state index in [4.69, 9.17) is 0 Å². The van der Waals surface area contributed by atoms with Crippen LogP contribution in [0.5, 0.6) is 0 Å². The van der Waals surface area contributed by atoms with Gasteiger partial charge < -0.3 is 0 Å². The van der Waals surface area contributed by atoms with E-state index >= 15 is 0 Å². The summed E-state index contributed by atoms with van der Waals surface area (Å²) >= 11 is 0. The Hall–Kier alpha value is -0.520. The summed E-state index contributed by atoms with van der Waals surface area (Å²) in [4.78, 5) is 0. The van der Waals surface area contributed by atoms with E-state index in [2.05, 4.69) is 53.7 Å². The molecule has 0 aromatic heterocycles. The van der Waals surface area contributed by atoms with E-state index in [1.165, 1.54) is 11.1 Å². The maximum absolute atomic E-state index is 2.24. The Morgan fingerprint density at radius 1 is 0.714 bits per heavy atom. The topological polar surface area (TPSA) is 0 Å². The quantitative estimate of drug-likeness (QED) is 0.543. The average molecular weight is 196 g/mol. The van der Waals surface area contributed by atoms with E-state index in [9.17, 15) is 0 Å². The van der Waals surface area contributed by atoms with E-state index in [1.54, 1.807) is 0 Å². The van der Waals surface area contributed by atoms with Gasteiger partial charge in [0.2, 0.25) is 0 Å². The van der Waals surface area contributed by atoms with Crippen molar-refractivity contribution in [3.05, 3.63) is 23.3 Å². The molecule has 14 heavy (non-hydrogen) atoms. The molecule has 0 spiro atoms. The minimum absolute atomic E-state index is 0.668. The van der Waals surface area contributed by atoms with Crippen LogP contribution in [0.4, 0.5) is 0 Å². The molecule has 0 radical (unpaired) electrons. The zero-order valence-corrected chi connectivity index (χ0v) is 11.3. The summed E-state index contributed by atoms with van der Waals surface area (Å²) in [5, 5.41) is 0. The smallest absolute Gasteiger partial charge is 0.0260 e. The summed E-state index contributed by atoms with van der Waals surface area (Å²) in [7, 11) is 0. The van der Waals surface area contributed by atoms with Crippen LogP contribution in [0, 0.1) is 11.8 Å². The highest BCUT2D eigenvalue weighted by Crippen LogP contribution is 2.12. The van der Waals surface area contributed by atoms with Gasteiger partial charge in [-0.2, -0.15) is 0 Å². The fraction of sp³-hybridized carbons (Fsp3) is 0.714. The predicted octanol–water partition coefficient (Wildman–Crippen LogP) is 5.22. The fourth-order valence-corrected chi connectivity index (χ4v) is 0.648. The van der Waals surface area contributed by atoms with Crippen molar-refractivity contribution in [2.45, 2.75) is 55.4 Å². The molecule has 0 aliphatic rings. The van der Waals surface area contributed by atoms with Crippen molar-refractivity contribution in [3.63, 3.8) is 0 Å². The normalized spacial score (nSPS) is 13.0. The van der Waals surface area contributed by atoms with Crippen LogP contribution in [0.1, 0.15) is 55.4 Å². The van der Waals surface area contributed by atoms with Crippen molar-refractivity contribution in [2.24, 2.45) is 11.8 Å². The SMILES string of the molecule is C/C(=C\C=C(/C)C(C)C)C(C)C.CC. The van der Waals surface area contributed by atoms with Gasteiger partial charge in [-0.1, -0.05) is 64.8 Å². The van der Waals surface area contributed by atoms with Crippen LogP contribution in [-0.4, -0.2) is 0 Å². The Kier molecular flexibility index (Phi) is 10.3. The Morgan fingerprint density at radius 3 is 1.07 bits per heavy atom. The molecule has 0 aromatic carbocycles. The third kappa shape index (κ3) is 8.10. The number of hydrogen-bond acceptors (Lipinski definition) is 0. The molecule has 0 heteroatoms. The molecule has 0 aliphatic carbocycles. The van der Waals surface area contributed by atoms with Gasteiger partial charge in [-0.15, -0.1) is 0 Å². The van der Waals surface area contributed by atoms with E-state index in [0.29, 0.717) is 11.8 Å². The fourth-order valence-electron chi connectivity index (χ4n) is 0.648. The summed E-state index contributed by atoms with van der Waals surface area (Å²) in [6.45, 7) is 17.3. The summed E-state index contributed by atoms with van der Waals surface area (Å²) in [6.07, 6.45) is 4.47. The van der Waals surface area contributed by atoms with Crippen LogP contribution in [-0.2, 0) is 0 Å². The molecule has 0 nitrogen and oxygen atoms in total. The molecule has 0 unspecified atom stereocenters. The van der Waals surface area contributed by atoms with Crippen LogP contribution in [0.15, 0.2) is 23.3 Å². The average Bonchev–Trinajstić information content (AvgIpc) is 2.16. The van der Waals surface area contributed by atoms with Crippen LogP contribution in [0.3, 0.4) is 0 Å². The molecular weight excluding hydrogens is 168 g/mol. The van der Waals surface area contributed by atoms with Gasteiger partial charge in [0, 0.05) is 0 Å². The maximum Gasteiger partial charge on any atom is -0.0260 e. The van der Waals surface area contributed by atoms with E-state index in [0.717, 1.165) is 0 Å². The number of rotatable bonds is 3. The van der Waals surface area contributed by atoms with Gasteiger partial charge in [0.15, 0.2) is 0 Å². The van der Waals surface area contributed by atoms with Crippen molar-refractivity contribution in [1.29, 1.82) is 0 Å². The van der Waals surface area contributed by atoms with Gasteiger partial charge in [-0.3, -0.25) is 0 Å². The predicted molar refractivity (Wildman–Crippen MR) is 68.5 cm³/mol. The lowest BCUT2D eigenvalue weighted by Crippen LogP contribution is -1.90. The van der Waals surface area contributed by atoms with Crippen LogP contribution in [0.2, 0.25) is 0 Å². The first-order valence-corrected chi connectivity index (χ1v) is 5.80. The van der Waals surface area contributed by atoms with E-state index < -0.39 is 0 Å². The first kappa shape index (κ1) is 15.9. The third-order valence-electron chi connectivity index (χ3n) is 2.43. The lowest BCUT2D eigenvalue weighted by molar-refractivity contribution is 0.760. The molecule has 0 aromatic rings. The molecule has 0 saturated carbocycles. The zero-order chi connectivity index (χ0) is 11.7. The van der Waals surface area contributed by atoms with Crippen molar-refractivity contribution in [3.8, 4) is 0 Å². The first-order chi connectivity index (χ1) is 6.45. The largest absolute Gasteiger partial charge is 0.0708 e. The van der Waals surface area contributed by atoms with E-state index in [-0.39, 0.29) is 0 Å². The van der Waals surface area contributed by atoms with Crippen molar-refractivity contribution < 1.29 is 0 Å². The molecule has 84 valence electrons. The molecular formula is C14H28. The van der Waals surface area contributed by atoms with Crippen LogP contribution in [0.25, 0.3) is 0 Å². The molecule has 0 amide bonds. The van der Waals surface area contributed by atoms with Gasteiger partial charge >= 0.3 is 0 Å². The summed E-state index contributed by atoms with van der Waals surface area (Å²) < 4.78 is 0. The Balaban J connectivity index is 0. The van der Waals surface area contributed by atoms with Crippen LogP contribution < -0.4 is 0 Å². The molecule has 0 fully saturated rings. The molecule has 0 aliphatic heterocycles. The van der Waals surface area contributed by atoms with Crippen molar-refractivity contribution >= 4 is 0 Å². The van der Waals surface area contributed by atoms with Gasteiger partial charge in [-0.05, 0) is 25.7 Å². The molecule has 0 saturated heterocycles. The second kappa shape index (κ2) is 9.05. The van der Waals surface area contributed by atoms with Gasteiger partial charge in [-0.25, -0.2) is 0 Å². The monoisotopic (exact) mass is 196 g/mol. The lowest BCUT2D eigenvalue weighted by atomic mass is 10.0. The second-order valence-electron chi connectivity index (χ2n) is 4.13. The Bertz CT molecular complexity index is 158. The number of hydrogen-bond donors (Lipinski definition) is 0. The van der Waals surface area contributed by atoms with Crippen molar-refractivity contribution in [1.82, 2.24) is 0 Å².